The molecule has 19 heavy (non-hydrogen) atoms. The van der Waals surface area contributed by atoms with Gasteiger partial charge in [0, 0.05) is 10.4 Å². The number of benzene rings is 2. The van der Waals surface area contributed by atoms with Crippen molar-refractivity contribution >= 4 is 17.2 Å². The van der Waals surface area contributed by atoms with Crippen molar-refractivity contribution in [3.63, 3.8) is 0 Å². The minimum Gasteiger partial charge on any atom is -0.207 e. The molecule has 3 rings (SSSR count). The van der Waals surface area contributed by atoms with Crippen molar-refractivity contribution in [3.8, 4) is 0 Å². The van der Waals surface area contributed by atoms with Crippen LogP contribution in [0.5, 0.6) is 0 Å². The van der Waals surface area contributed by atoms with Crippen molar-refractivity contribution in [1.82, 2.24) is 0 Å². The van der Waals surface area contributed by atoms with E-state index in [4.69, 9.17) is 11.6 Å². The van der Waals surface area contributed by atoms with Crippen LogP contribution in [0.4, 0.5) is 4.39 Å². The first kappa shape index (κ1) is 12.4. The minimum atomic E-state index is -0.187. The Morgan fingerprint density at radius 2 is 1.58 bits per heavy atom. The summed E-state index contributed by atoms with van der Waals surface area (Å²) in [4.78, 5) is 0. The van der Waals surface area contributed by atoms with E-state index in [-0.39, 0.29) is 11.2 Å². The van der Waals surface area contributed by atoms with Crippen LogP contribution in [-0.4, -0.2) is 0 Å². The average molecular weight is 273 g/mol. The molecule has 1 atom stereocenters. The Hall–Kier alpha value is -1.60. The summed E-state index contributed by atoms with van der Waals surface area (Å²) in [5.74, 6) is -0.187. The molecule has 1 aliphatic carbocycles. The van der Waals surface area contributed by atoms with Crippen molar-refractivity contribution in [2.24, 2.45) is 0 Å². The largest absolute Gasteiger partial charge is 0.207 e. The van der Waals surface area contributed by atoms with Crippen molar-refractivity contribution in [1.29, 1.82) is 0 Å². The maximum Gasteiger partial charge on any atom is 0.123 e. The highest BCUT2D eigenvalue weighted by Gasteiger charge is 2.34. The molecule has 0 N–H and O–H groups in total. The quantitative estimate of drug-likeness (QED) is 0.703. The second-order valence-electron chi connectivity index (χ2n) is 5.28. The standard InChI is InChI=1S/C17H14ClF/c1-17(14-4-8-16(19)9-5-14)10-13(11-17)12-2-6-15(18)7-3-12/h2-10H,11H2,1H3/t17-/m0/s1. The zero-order valence-electron chi connectivity index (χ0n) is 10.7. The Kier molecular flexibility index (Phi) is 2.94. The molecule has 0 saturated carbocycles. The van der Waals surface area contributed by atoms with Crippen LogP contribution >= 0.6 is 11.6 Å². The second kappa shape index (κ2) is 4.50. The summed E-state index contributed by atoms with van der Waals surface area (Å²) in [6.07, 6.45) is 3.23. The van der Waals surface area contributed by atoms with E-state index < -0.39 is 0 Å². The molecule has 0 nitrogen and oxygen atoms in total. The fourth-order valence-corrected chi connectivity index (χ4v) is 2.74. The highest BCUT2D eigenvalue weighted by molar-refractivity contribution is 6.30. The maximum absolute atomic E-state index is 12.9. The van der Waals surface area contributed by atoms with Crippen molar-refractivity contribution in [2.75, 3.05) is 0 Å². The summed E-state index contributed by atoms with van der Waals surface area (Å²) >= 11 is 5.89. The van der Waals surface area contributed by atoms with Gasteiger partial charge >= 0.3 is 0 Å². The molecule has 0 unspecified atom stereocenters. The molecule has 2 aromatic rings. The number of allylic oxidation sites excluding steroid dienone is 2. The molecule has 0 bridgehead atoms. The summed E-state index contributed by atoms with van der Waals surface area (Å²) in [5, 5.41) is 0.755. The zero-order valence-corrected chi connectivity index (χ0v) is 11.4. The Morgan fingerprint density at radius 1 is 1.00 bits per heavy atom. The number of hydrogen-bond acceptors (Lipinski definition) is 0. The summed E-state index contributed by atoms with van der Waals surface area (Å²) in [6.45, 7) is 2.18. The van der Waals surface area contributed by atoms with Crippen LogP contribution in [0.2, 0.25) is 5.02 Å². The Morgan fingerprint density at radius 3 is 2.16 bits per heavy atom. The lowest BCUT2D eigenvalue weighted by atomic mass is 9.66. The topological polar surface area (TPSA) is 0 Å². The van der Waals surface area contributed by atoms with Gasteiger partial charge in [0.1, 0.15) is 5.82 Å². The van der Waals surface area contributed by atoms with Gasteiger partial charge in [-0.2, -0.15) is 0 Å². The van der Waals surface area contributed by atoms with Crippen LogP contribution in [0.25, 0.3) is 5.57 Å². The van der Waals surface area contributed by atoms with Crippen LogP contribution in [-0.2, 0) is 5.41 Å². The second-order valence-corrected chi connectivity index (χ2v) is 5.71. The third-order valence-corrected chi connectivity index (χ3v) is 4.02. The molecule has 96 valence electrons. The van der Waals surface area contributed by atoms with Gasteiger partial charge in [-0.3, -0.25) is 0 Å². The van der Waals surface area contributed by atoms with Crippen molar-refractivity contribution in [2.45, 2.75) is 18.8 Å². The van der Waals surface area contributed by atoms with Crippen LogP contribution in [0.15, 0.2) is 54.6 Å². The summed E-state index contributed by atoms with van der Waals surface area (Å²) < 4.78 is 12.9. The third-order valence-electron chi connectivity index (χ3n) is 3.77. The lowest BCUT2D eigenvalue weighted by Crippen LogP contribution is -2.27. The van der Waals surface area contributed by atoms with E-state index in [1.54, 1.807) is 0 Å². The molecule has 0 aromatic heterocycles. The summed E-state index contributed by atoms with van der Waals surface area (Å²) in [6, 6.07) is 14.7. The SMILES string of the molecule is C[C@]1(c2ccc(F)cc2)C=C(c2ccc(Cl)cc2)C1. The predicted molar refractivity (Wildman–Crippen MR) is 77.8 cm³/mol. The van der Waals surface area contributed by atoms with Gasteiger partial charge in [0.25, 0.3) is 0 Å². The molecule has 2 heteroatoms. The predicted octanol–water partition coefficient (Wildman–Crippen LogP) is 5.22. The fourth-order valence-electron chi connectivity index (χ4n) is 2.62. The van der Waals surface area contributed by atoms with Gasteiger partial charge in [0.05, 0.1) is 0 Å². The third kappa shape index (κ3) is 2.31. The van der Waals surface area contributed by atoms with E-state index in [2.05, 4.69) is 13.0 Å². The van der Waals surface area contributed by atoms with E-state index in [0.717, 1.165) is 17.0 Å². The van der Waals surface area contributed by atoms with Gasteiger partial charge in [-0.25, -0.2) is 4.39 Å². The molecule has 2 aromatic carbocycles. The average Bonchev–Trinajstić information content (AvgIpc) is 2.37. The van der Waals surface area contributed by atoms with Gasteiger partial charge in [0.2, 0.25) is 0 Å². The number of hydrogen-bond donors (Lipinski definition) is 0. The lowest BCUT2D eigenvalue weighted by molar-refractivity contribution is 0.565. The van der Waals surface area contributed by atoms with Crippen LogP contribution in [0.3, 0.4) is 0 Å². The van der Waals surface area contributed by atoms with Crippen LogP contribution in [0.1, 0.15) is 24.5 Å². The number of halogens is 2. The smallest absolute Gasteiger partial charge is 0.123 e. The van der Waals surface area contributed by atoms with E-state index >= 15 is 0 Å². The molecule has 1 aliphatic rings. The summed E-state index contributed by atoms with van der Waals surface area (Å²) in [7, 11) is 0. The minimum absolute atomic E-state index is 0.0165. The van der Waals surface area contributed by atoms with E-state index in [0.29, 0.717) is 0 Å². The van der Waals surface area contributed by atoms with E-state index in [1.807, 2.05) is 36.4 Å². The molecule has 0 saturated heterocycles. The highest BCUT2D eigenvalue weighted by atomic mass is 35.5. The molecular formula is C17H14ClF. The Balaban J connectivity index is 1.87. The highest BCUT2D eigenvalue weighted by Crippen LogP contribution is 2.46. The Labute approximate surface area is 117 Å². The van der Waals surface area contributed by atoms with E-state index in [1.165, 1.54) is 23.3 Å². The molecule has 0 fully saturated rings. The van der Waals surface area contributed by atoms with Gasteiger partial charge < -0.3 is 0 Å². The molecule has 0 aliphatic heterocycles. The Bertz CT molecular complexity index is 625. The molecule has 0 amide bonds. The van der Waals surface area contributed by atoms with Gasteiger partial charge in [-0.15, -0.1) is 0 Å². The molecule has 0 heterocycles. The maximum atomic E-state index is 12.9. The van der Waals surface area contributed by atoms with Crippen LogP contribution < -0.4 is 0 Å². The first-order valence-electron chi connectivity index (χ1n) is 6.31. The molecular weight excluding hydrogens is 259 g/mol. The van der Waals surface area contributed by atoms with Crippen LogP contribution in [0, 0.1) is 5.82 Å². The van der Waals surface area contributed by atoms with Gasteiger partial charge in [-0.05, 0) is 47.4 Å². The normalized spacial score (nSPS) is 21.7. The van der Waals surface area contributed by atoms with Gasteiger partial charge in [-0.1, -0.05) is 48.9 Å². The molecule has 0 radical (unpaired) electrons. The zero-order chi connectivity index (χ0) is 13.5. The van der Waals surface area contributed by atoms with Crippen molar-refractivity contribution < 1.29 is 4.39 Å². The van der Waals surface area contributed by atoms with E-state index in [9.17, 15) is 4.39 Å². The van der Waals surface area contributed by atoms with Gasteiger partial charge in [0.15, 0.2) is 0 Å². The lowest BCUT2D eigenvalue weighted by Gasteiger charge is -2.37. The number of rotatable bonds is 2. The monoisotopic (exact) mass is 272 g/mol. The first-order chi connectivity index (χ1) is 9.07. The molecule has 0 spiro atoms. The van der Waals surface area contributed by atoms with Crippen molar-refractivity contribution in [3.05, 3.63) is 76.6 Å². The summed E-state index contributed by atoms with van der Waals surface area (Å²) in [5.41, 5.74) is 3.71. The first-order valence-corrected chi connectivity index (χ1v) is 6.68. The fraction of sp³-hybridized carbons (Fsp3) is 0.176.